The first-order valence-corrected chi connectivity index (χ1v) is 18.3. The van der Waals surface area contributed by atoms with Crippen LogP contribution in [-0.4, -0.2) is 0 Å². The molecule has 0 aliphatic carbocycles. The summed E-state index contributed by atoms with van der Waals surface area (Å²) in [6, 6.07) is 77.3. The molecule has 0 aliphatic rings. The highest BCUT2D eigenvalue weighted by Crippen LogP contribution is 2.46. The summed E-state index contributed by atoms with van der Waals surface area (Å²) >= 11 is 0. The maximum Gasteiger partial charge on any atom is 0.0546 e. The summed E-state index contributed by atoms with van der Waals surface area (Å²) in [7, 11) is 0. The fourth-order valence-corrected chi connectivity index (χ4v) is 8.01. The molecule has 0 heterocycles. The lowest BCUT2D eigenvalue weighted by Gasteiger charge is -2.29. The predicted molar refractivity (Wildman–Crippen MR) is 227 cm³/mol. The van der Waals surface area contributed by atoms with Gasteiger partial charge in [-0.15, -0.1) is 0 Å². The van der Waals surface area contributed by atoms with Crippen LogP contribution in [-0.2, 0) is 0 Å². The Morgan fingerprint density at radius 3 is 1.25 bits per heavy atom. The Bertz CT molecular complexity index is 2910. The molecule has 0 radical (unpaired) electrons. The summed E-state index contributed by atoms with van der Waals surface area (Å²) in [6.07, 6.45) is 0. The zero-order valence-electron chi connectivity index (χ0n) is 29.2. The number of anilines is 3. The van der Waals surface area contributed by atoms with E-state index in [2.05, 4.69) is 217 Å². The molecule has 0 unspecified atom stereocenters. The van der Waals surface area contributed by atoms with Gasteiger partial charge in [-0.2, -0.15) is 0 Å². The smallest absolute Gasteiger partial charge is 0.0546 e. The molecular formula is C52H35N. The topological polar surface area (TPSA) is 3.24 Å². The van der Waals surface area contributed by atoms with Crippen molar-refractivity contribution in [2.75, 3.05) is 4.90 Å². The van der Waals surface area contributed by atoms with Crippen LogP contribution in [0.2, 0.25) is 0 Å². The van der Waals surface area contributed by atoms with Crippen molar-refractivity contribution in [2.24, 2.45) is 0 Å². The Balaban J connectivity index is 1.22. The fraction of sp³-hybridized carbons (Fsp3) is 0. The molecule has 0 atom stereocenters. The lowest BCUT2D eigenvalue weighted by Crippen LogP contribution is -2.11. The Kier molecular flexibility index (Phi) is 7.55. The van der Waals surface area contributed by atoms with Crippen LogP contribution < -0.4 is 4.90 Å². The first kappa shape index (κ1) is 30.8. The summed E-state index contributed by atoms with van der Waals surface area (Å²) in [5.74, 6) is 0. The first-order valence-electron chi connectivity index (χ1n) is 18.3. The van der Waals surface area contributed by atoms with Gasteiger partial charge < -0.3 is 4.90 Å². The highest BCUT2D eigenvalue weighted by Gasteiger charge is 2.21. The zero-order chi connectivity index (χ0) is 35.1. The molecule has 248 valence electrons. The molecule has 0 aliphatic heterocycles. The lowest BCUT2D eigenvalue weighted by molar-refractivity contribution is 1.29. The minimum Gasteiger partial charge on any atom is -0.310 e. The second-order valence-electron chi connectivity index (χ2n) is 13.7. The van der Waals surface area contributed by atoms with Gasteiger partial charge >= 0.3 is 0 Å². The summed E-state index contributed by atoms with van der Waals surface area (Å²) in [5, 5.41) is 10.1. The van der Waals surface area contributed by atoms with Gasteiger partial charge in [0.05, 0.1) is 5.69 Å². The Morgan fingerprint density at radius 2 is 0.660 bits per heavy atom. The number of hydrogen-bond donors (Lipinski definition) is 0. The molecule has 53 heavy (non-hydrogen) atoms. The van der Waals surface area contributed by atoms with Crippen LogP contribution in [0.15, 0.2) is 212 Å². The fourth-order valence-electron chi connectivity index (χ4n) is 8.01. The van der Waals surface area contributed by atoms with Crippen molar-refractivity contribution in [3.8, 4) is 33.4 Å². The van der Waals surface area contributed by atoms with E-state index in [1.54, 1.807) is 0 Å². The van der Waals surface area contributed by atoms with E-state index < -0.39 is 0 Å². The van der Waals surface area contributed by atoms with E-state index in [-0.39, 0.29) is 0 Å². The molecule has 0 fully saturated rings. The summed E-state index contributed by atoms with van der Waals surface area (Å²) in [4.78, 5) is 2.44. The maximum absolute atomic E-state index is 2.44. The van der Waals surface area contributed by atoms with Crippen LogP contribution in [0.3, 0.4) is 0 Å². The molecule has 10 rings (SSSR count). The van der Waals surface area contributed by atoms with Crippen LogP contribution in [0.25, 0.3) is 76.5 Å². The van der Waals surface area contributed by atoms with E-state index in [4.69, 9.17) is 0 Å². The molecule has 1 heteroatoms. The normalized spacial score (nSPS) is 11.4. The molecule has 0 amide bonds. The summed E-state index contributed by atoms with van der Waals surface area (Å²) in [6.45, 7) is 0. The van der Waals surface area contributed by atoms with Crippen molar-refractivity contribution in [1.82, 2.24) is 0 Å². The van der Waals surface area contributed by atoms with Crippen molar-refractivity contribution >= 4 is 60.2 Å². The van der Waals surface area contributed by atoms with E-state index in [1.165, 1.54) is 76.5 Å². The highest BCUT2D eigenvalue weighted by molar-refractivity contribution is 6.26. The molecule has 0 saturated heterocycles. The highest BCUT2D eigenvalue weighted by atomic mass is 15.1. The average Bonchev–Trinajstić information content (AvgIpc) is 3.24. The van der Waals surface area contributed by atoms with Gasteiger partial charge in [0, 0.05) is 16.9 Å². The van der Waals surface area contributed by atoms with E-state index in [0.29, 0.717) is 0 Å². The van der Waals surface area contributed by atoms with Crippen LogP contribution in [0.1, 0.15) is 0 Å². The summed E-state index contributed by atoms with van der Waals surface area (Å²) in [5.41, 5.74) is 10.5. The van der Waals surface area contributed by atoms with Crippen molar-refractivity contribution < 1.29 is 0 Å². The Hall–Kier alpha value is -6.96. The molecule has 0 saturated carbocycles. The molecule has 0 N–H and O–H groups in total. The minimum atomic E-state index is 1.10. The number of hydrogen-bond acceptors (Lipinski definition) is 1. The number of benzene rings is 10. The third-order valence-corrected chi connectivity index (χ3v) is 10.6. The third-order valence-electron chi connectivity index (χ3n) is 10.6. The second kappa shape index (κ2) is 13.0. The van der Waals surface area contributed by atoms with Gasteiger partial charge in [-0.25, -0.2) is 0 Å². The van der Waals surface area contributed by atoms with Crippen molar-refractivity contribution in [2.45, 2.75) is 0 Å². The van der Waals surface area contributed by atoms with Crippen molar-refractivity contribution in [1.29, 1.82) is 0 Å². The maximum atomic E-state index is 2.44. The molecule has 1 nitrogen and oxygen atoms in total. The van der Waals surface area contributed by atoms with E-state index in [9.17, 15) is 0 Å². The third kappa shape index (κ3) is 5.51. The van der Waals surface area contributed by atoms with E-state index >= 15 is 0 Å². The van der Waals surface area contributed by atoms with Crippen LogP contribution in [0, 0.1) is 0 Å². The number of fused-ring (bicyclic) bond motifs is 7. The van der Waals surface area contributed by atoms with Crippen LogP contribution >= 0.6 is 0 Å². The Labute approximate surface area is 309 Å². The van der Waals surface area contributed by atoms with Crippen LogP contribution in [0.4, 0.5) is 17.1 Å². The van der Waals surface area contributed by atoms with Crippen LogP contribution in [0.5, 0.6) is 0 Å². The quantitative estimate of drug-likeness (QED) is 0.159. The van der Waals surface area contributed by atoms with Crippen molar-refractivity contribution in [3.05, 3.63) is 212 Å². The van der Waals surface area contributed by atoms with Gasteiger partial charge in [-0.1, -0.05) is 170 Å². The lowest BCUT2D eigenvalue weighted by atomic mass is 9.90. The summed E-state index contributed by atoms with van der Waals surface area (Å²) < 4.78 is 0. The average molecular weight is 674 g/mol. The second-order valence-corrected chi connectivity index (χ2v) is 13.7. The first-order chi connectivity index (χ1) is 26.3. The molecule has 0 aromatic heterocycles. The molecular weight excluding hydrogens is 639 g/mol. The Morgan fingerprint density at radius 1 is 0.245 bits per heavy atom. The molecule has 0 bridgehead atoms. The van der Waals surface area contributed by atoms with Gasteiger partial charge in [0.25, 0.3) is 0 Å². The van der Waals surface area contributed by atoms with E-state index in [0.717, 1.165) is 17.1 Å². The van der Waals surface area contributed by atoms with Gasteiger partial charge in [-0.3, -0.25) is 0 Å². The zero-order valence-corrected chi connectivity index (χ0v) is 29.2. The molecule has 10 aromatic carbocycles. The molecule has 10 aromatic rings. The van der Waals surface area contributed by atoms with Gasteiger partial charge in [0.2, 0.25) is 0 Å². The largest absolute Gasteiger partial charge is 0.310 e. The van der Waals surface area contributed by atoms with Gasteiger partial charge in [0.15, 0.2) is 0 Å². The molecule has 0 spiro atoms. The number of rotatable bonds is 6. The predicted octanol–water partition coefficient (Wildman–Crippen LogP) is 14.8. The SMILES string of the molecule is c1ccc(-c2ccc(N(c3ccc(-c4ccc5ccccc5c4)cc3)c3cc4c5ccccc5c5ccccc5c4cc3-c3ccccc3)cc2)cc1. The standard InChI is InChI=1S/C52H35N/c1-3-13-36(14-4-1)38-25-29-43(30-26-38)53(44-31-27-39(28-32-44)42-24-23-37-15-7-8-18-41(37)33-42)52-35-51-48-22-12-10-20-46(48)45-19-9-11-21-47(45)50(51)34-49(52)40-16-5-2-6-17-40/h1-35H. The van der Waals surface area contributed by atoms with Gasteiger partial charge in [-0.05, 0) is 113 Å². The van der Waals surface area contributed by atoms with E-state index in [1.807, 2.05) is 0 Å². The minimum absolute atomic E-state index is 1.10. The van der Waals surface area contributed by atoms with Crippen molar-refractivity contribution in [3.63, 3.8) is 0 Å². The number of nitrogens with zero attached hydrogens (tertiary/aromatic N) is 1. The monoisotopic (exact) mass is 673 g/mol. The van der Waals surface area contributed by atoms with Gasteiger partial charge in [0.1, 0.15) is 0 Å².